The summed E-state index contributed by atoms with van der Waals surface area (Å²) in [5.41, 5.74) is 1.98. The number of anilines is 1. The average molecular weight is 373 g/mol. The van der Waals surface area contributed by atoms with Gasteiger partial charge in [0.05, 0.1) is 19.1 Å². The third kappa shape index (κ3) is 5.99. The van der Waals surface area contributed by atoms with Gasteiger partial charge in [-0.1, -0.05) is 18.2 Å². The van der Waals surface area contributed by atoms with Gasteiger partial charge in [-0.05, 0) is 49.2 Å². The van der Waals surface area contributed by atoms with Gasteiger partial charge in [0.1, 0.15) is 0 Å². The van der Waals surface area contributed by atoms with E-state index < -0.39 is 17.9 Å². The maximum atomic E-state index is 14.0. The van der Waals surface area contributed by atoms with Gasteiger partial charge >= 0.3 is 6.03 Å². The zero-order valence-electron chi connectivity index (χ0n) is 15.6. The van der Waals surface area contributed by atoms with Gasteiger partial charge in [0.25, 0.3) is 0 Å². The Hall–Kier alpha value is -3.09. The van der Waals surface area contributed by atoms with Crippen LogP contribution in [0, 0.1) is 5.82 Å². The third-order valence-electron chi connectivity index (χ3n) is 3.93. The number of rotatable bonds is 7. The number of carbonyl (C=O) groups is 2. The minimum Gasteiger partial charge on any atom is -0.491 e. The lowest BCUT2D eigenvalue weighted by atomic mass is 10.1. The Kier molecular flexibility index (Phi) is 7.16. The first-order chi connectivity index (χ1) is 12.9. The van der Waals surface area contributed by atoms with Gasteiger partial charge in [0, 0.05) is 12.7 Å². The Labute approximate surface area is 158 Å². The van der Waals surface area contributed by atoms with Gasteiger partial charge in [-0.25, -0.2) is 9.18 Å². The molecule has 2 aromatic rings. The topological polar surface area (TPSA) is 79.5 Å². The molecular weight excluding hydrogens is 349 g/mol. The number of nitrogens with one attached hydrogen (secondary N) is 3. The molecule has 27 heavy (non-hydrogen) atoms. The summed E-state index contributed by atoms with van der Waals surface area (Å²) in [5, 5.41) is 8.03. The monoisotopic (exact) mass is 373 g/mol. The Morgan fingerprint density at radius 1 is 1.19 bits per heavy atom. The van der Waals surface area contributed by atoms with Crippen molar-refractivity contribution in [3.8, 4) is 5.75 Å². The molecule has 2 aromatic carbocycles. The first-order valence-electron chi connectivity index (χ1n) is 8.72. The van der Waals surface area contributed by atoms with Crippen LogP contribution in [0.3, 0.4) is 0 Å². The van der Waals surface area contributed by atoms with Crippen molar-refractivity contribution >= 4 is 17.6 Å². The van der Waals surface area contributed by atoms with Gasteiger partial charge in [-0.15, -0.1) is 0 Å². The van der Waals surface area contributed by atoms with Crippen LogP contribution in [0.15, 0.2) is 42.5 Å². The molecule has 0 saturated carbocycles. The zero-order valence-corrected chi connectivity index (χ0v) is 15.6. The van der Waals surface area contributed by atoms with Crippen LogP contribution in [0.4, 0.5) is 14.9 Å². The molecule has 0 spiro atoms. The van der Waals surface area contributed by atoms with E-state index in [1.807, 2.05) is 6.07 Å². The Morgan fingerprint density at radius 3 is 2.63 bits per heavy atom. The fourth-order valence-electron chi connectivity index (χ4n) is 2.54. The smallest absolute Gasteiger partial charge is 0.319 e. The van der Waals surface area contributed by atoms with Crippen molar-refractivity contribution in [2.24, 2.45) is 0 Å². The number of hydrogen-bond donors (Lipinski definition) is 3. The van der Waals surface area contributed by atoms with Crippen molar-refractivity contribution in [2.45, 2.75) is 26.3 Å². The van der Waals surface area contributed by atoms with Gasteiger partial charge in [0.15, 0.2) is 11.6 Å². The Balaban J connectivity index is 1.98. The summed E-state index contributed by atoms with van der Waals surface area (Å²) >= 11 is 0. The molecule has 2 rings (SSSR count). The van der Waals surface area contributed by atoms with Crippen molar-refractivity contribution < 1.29 is 18.7 Å². The molecular formula is C20H24FN3O3. The number of ether oxygens (including phenoxy) is 1. The first-order valence-corrected chi connectivity index (χ1v) is 8.72. The van der Waals surface area contributed by atoms with Crippen LogP contribution in [-0.2, 0) is 11.2 Å². The second kappa shape index (κ2) is 9.56. The number of amides is 3. The number of likely N-dealkylation sites (N-methyl/N-ethyl adjacent to an activating group) is 1. The van der Waals surface area contributed by atoms with Crippen LogP contribution in [0.1, 0.15) is 31.0 Å². The molecule has 1 atom stereocenters. The zero-order chi connectivity index (χ0) is 19.8. The molecule has 6 nitrogen and oxygen atoms in total. The van der Waals surface area contributed by atoms with E-state index in [0.29, 0.717) is 17.9 Å². The molecule has 0 aromatic heterocycles. The number of carbonyl (C=O) groups excluding carboxylic acids is 2. The predicted octanol–water partition coefficient (Wildman–Crippen LogP) is 3.40. The van der Waals surface area contributed by atoms with Crippen molar-refractivity contribution in [2.75, 3.05) is 19.0 Å². The number of benzene rings is 2. The van der Waals surface area contributed by atoms with E-state index in [9.17, 15) is 14.0 Å². The quantitative estimate of drug-likeness (QED) is 0.696. The van der Waals surface area contributed by atoms with E-state index in [1.165, 1.54) is 6.07 Å². The SMILES string of the molecule is CCOc1ccc([C@H](C)NC(=O)Nc2cccc(CC(=O)NC)c2)cc1F. The second-order valence-corrected chi connectivity index (χ2v) is 5.99. The van der Waals surface area contributed by atoms with E-state index >= 15 is 0 Å². The maximum absolute atomic E-state index is 14.0. The van der Waals surface area contributed by atoms with Crippen molar-refractivity contribution in [3.63, 3.8) is 0 Å². The van der Waals surface area contributed by atoms with E-state index in [2.05, 4.69) is 16.0 Å². The van der Waals surface area contributed by atoms with Crippen LogP contribution in [0.5, 0.6) is 5.75 Å². The van der Waals surface area contributed by atoms with Crippen molar-refractivity contribution in [3.05, 3.63) is 59.4 Å². The molecule has 3 amide bonds. The lowest BCUT2D eigenvalue weighted by Crippen LogP contribution is -2.31. The summed E-state index contributed by atoms with van der Waals surface area (Å²) in [6, 6.07) is 10.8. The number of hydrogen-bond acceptors (Lipinski definition) is 3. The minimum absolute atomic E-state index is 0.109. The molecule has 0 aliphatic carbocycles. The molecule has 0 radical (unpaired) electrons. The highest BCUT2D eigenvalue weighted by Crippen LogP contribution is 2.22. The summed E-state index contributed by atoms with van der Waals surface area (Å²) in [6.45, 7) is 3.92. The largest absolute Gasteiger partial charge is 0.491 e. The fourth-order valence-corrected chi connectivity index (χ4v) is 2.54. The molecule has 0 heterocycles. The van der Waals surface area contributed by atoms with Crippen LogP contribution in [0.2, 0.25) is 0 Å². The molecule has 0 unspecified atom stereocenters. The van der Waals surface area contributed by atoms with E-state index in [0.717, 1.165) is 5.56 Å². The number of halogens is 1. The van der Waals surface area contributed by atoms with E-state index in [4.69, 9.17) is 4.74 Å². The highest BCUT2D eigenvalue weighted by Gasteiger charge is 2.13. The molecule has 0 saturated heterocycles. The van der Waals surface area contributed by atoms with Gasteiger partial charge in [-0.2, -0.15) is 0 Å². The molecule has 7 heteroatoms. The van der Waals surface area contributed by atoms with E-state index in [1.54, 1.807) is 51.2 Å². The highest BCUT2D eigenvalue weighted by atomic mass is 19.1. The molecule has 144 valence electrons. The van der Waals surface area contributed by atoms with Crippen LogP contribution in [0.25, 0.3) is 0 Å². The maximum Gasteiger partial charge on any atom is 0.319 e. The van der Waals surface area contributed by atoms with Gasteiger partial charge in [-0.3, -0.25) is 4.79 Å². The predicted molar refractivity (Wildman–Crippen MR) is 102 cm³/mol. The highest BCUT2D eigenvalue weighted by molar-refractivity contribution is 5.89. The summed E-state index contributed by atoms with van der Waals surface area (Å²) in [7, 11) is 1.57. The molecule has 0 fully saturated rings. The lowest BCUT2D eigenvalue weighted by molar-refractivity contribution is -0.119. The third-order valence-corrected chi connectivity index (χ3v) is 3.93. The second-order valence-electron chi connectivity index (χ2n) is 5.99. The minimum atomic E-state index is -0.467. The number of urea groups is 1. The van der Waals surface area contributed by atoms with Crippen LogP contribution < -0.4 is 20.7 Å². The van der Waals surface area contributed by atoms with E-state index in [-0.39, 0.29) is 18.1 Å². The summed E-state index contributed by atoms with van der Waals surface area (Å²) in [6.07, 6.45) is 0.232. The van der Waals surface area contributed by atoms with Crippen molar-refractivity contribution in [1.82, 2.24) is 10.6 Å². The molecule has 0 aliphatic heterocycles. The Bertz CT molecular complexity index is 811. The Morgan fingerprint density at radius 2 is 1.96 bits per heavy atom. The van der Waals surface area contributed by atoms with Crippen LogP contribution >= 0.6 is 0 Å². The lowest BCUT2D eigenvalue weighted by Gasteiger charge is -2.16. The molecule has 0 aliphatic rings. The standard InChI is InChI=1S/C20H24FN3O3/c1-4-27-18-9-8-15(12-17(18)21)13(2)23-20(26)24-16-7-5-6-14(10-16)11-19(25)22-3/h5-10,12-13H,4,11H2,1-3H3,(H,22,25)(H2,23,24,26)/t13-/m0/s1. The summed E-state index contributed by atoms with van der Waals surface area (Å²) in [4.78, 5) is 23.7. The van der Waals surface area contributed by atoms with Gasteiger partial charge < -0.3 is 20.7 Å². The van der Waals surface area contributed by atoms with Crippen LogP contribution in [-0.4, -0.2) is 25.6 Å². The summed E-state index contributed by atoms with van der Waals surface area (Å²) in [5.74, 6) is -0.390. The average Bonchev–Trinajstić information content (AvgIpc) is 2.63. The van der Waals surface area contributed by atoms with Crippen molar-refractivity contribution in [1.29, 1.82) is 0 Å². The first kappa shape index (κ1) is 20.2. The van der Waals surface area contributed by atoms with Gasteiger partial charge in [0.2, 0.25) is 5.91 Å². The molecule has 0 bridgehead atoms. The normalized spacial score (nSPS) is 11.4. The summed E-state index contributed by atoms with van der Waals surface area (Å²) < 4.78 is 19.1. The molecule has 3 N–H and O–H groups in total. The fraction of sp³-hybridized carbons (Fsp3) is 0.300.